The third-order valence-corrected chi connectivity index (χ3v) is 4.84. The van der Waals surface area contributed by atoms with Gasteiger partial charge in [0.15, 0.2) is 0 Å². The molecule has 0 heterocycles. The number of aliphatic hydroxyl groups is 1. The third-order valence-electron chi connectivity index (χ3n) is 2.05. The first kappa shape index (κ1) is 13.7. The van der Waals surface area contributed by atoms with Crippen LogP contribution in [0.2, 0.25) is 0 Å². The highest BCUT2D eigenvalue weighted by atomic mass is 79.9. The molecule has 3 nitrogen and oxygen atoms in total. The van der Waals surface area contributed by atoms with E-state index in [1.54, 1.807) is 38.3 Å². The molecule has 3 atom stereocenters. The Balaban J connectivity index is 2.72. The van der Waals surface area contributed by atoms with Crippen LogP contribution in [0.4, 0.5) is 0 Å². The van der Waals surface area contributed by atoms with Gasteiger partial charge in [-0.15, -0.1) is 0 Å². The maximum Gasteiger partial charge on any atom is 0.118 e. The van der Waals surface area contributed by atoms with Crippen LogP contribution >= 0.6 is 15.9 Å². The lowest BCUT2D eigenvalue weighted by Crippen LogP contribution is -2.14. The number of aliphatic hydroxyl groups excluding tert-OH is 1. The van der Waals surface area contributed by atoms with Crippen LogP contribution in [0.1, 0.15) is 13.3 Å². The van der Waals surface area contributed by atoms with E-state index in [9.17, 15) is 9.32 Å². The number of ether oxygens (including phenoxy) is 1. The first-order valence-corrected chi connectivity index (χ1v) is 7.04. The van der Waals surface area contributed by atoms with Gasteiger partial charge in [0.25, 0.3) is 0 Å². The van der Waals surface area contributed by atoms with E-state index in [1.165, 1.54) is 0 Å². The lowest BCUT2D eigenvalue weighted by molar-refractivity contribution is 0.190. The molecule has 0 spiro atoms. The minimum Gasteiger partial charge on any atom is -0.497 e. The number of hydrogen-bond acceptors (Lipinski definition) is 3. The van der Waals surface area contributed by atoms with Crippen LogP contribution in [0.3, 0.4) is 0 Å². The average Bonchev–Trinajstić information content (AvgIpc) is 2.27. The molecule has 1 N–H and O–H groups in total. The smallest absolute Gasteiger partial charge is 0.118 e. The van der Waals surface area contributed by atoms with Gasteiger partial charge in [-0.1, -0.05) is 15.9 Å². The Morgan fingerprint density at radius 2 is 2.00 bits per heavy atom. The van der Waals surface area contributed by atoms with E-state index in [0.29, 0.717) is 6.42 Å². The van der Waals surface area contributed by atoms with Gasteiger partial charge in [0, 0.05) is 4.90 Å². The summed E-state index contributed by atoms with van der Waals surface area (Å²) in [6.45, 7) is 1.68. The first-order valence-electron chi connectivity index (χ1n) is 4.91. The summed E-state index contributed by atoms with van der Waals surface area (Å²) in [6, 6.07) is 7.08. The van der Waals surface area contributed by atoms with E-state index in [4.69, 9.17) is 4.74 Å². The summed E-state index contributed by atoms with van der Waals surface area (Å²) >= 11 is 3.32. The second-order valence-electron chi connectivity index (χ2n) is 3.47. The molecule has 1 aromatic rings. The lowest BCUT2D eigenvalue weighted by atomic mass is 10.3. The van der Waals surface area contributed by atoms with Crippen LogP contribution in [-0.4, -0.2) is 26.7 Å². The largest absolute Gasteiger partial charge is 0.497 e. The van der Waals surface area contributed by atoms with Gasteiger partial charge in [0.1, 0.15) is 5.75 Å². The van der Waals surface area contributed by atoms with Gasteiger partial charge >= 0.3 is 0 Å². The maximum atomic E-state index is 12.0. The molecule has 16 heavy (non-hydrogen) atoms. The molecule has 5 heteroatoms. The summed E-state index contributed by atoms with van der Waals surface area (Å²) < 4.78 is 16.8. The van der Waals surface area contributed by atoms with Gasteiger partial charge in [-0.25, -0.2) is 0 Å². The van der Waals surface area contributed by atoms with Crippen LogP contribution in [0.5, 0.6) is 5.75 Å². The number of hydrogen-bond donors (Lipinski definition) is 1. The van der Waals surface area contributed by atoms with Crippen LogP contribution in [-0.2, 0) is 10.8 Å². The SMILES string of the molecule is COc1ccc(S(=O)[C@H](Br)C[C@@H](C)O)cc1. The molecule has 1 aromatic carbocycles. The van der Waals surface area contributed by atoms with Gasteiger partial charge in [-0.3, -0.25) is 4.21 Å². The van der Waals surface area contributed by atoms with Gasteiger partial charge in [-0.2, -0.15) is 0 Å². The van der Waals surface area contributed by atoms with Crippen LogP contribution in [0.15, 0.2) is 29.2 Å². The van der Waals surface area contributed by atoms with Crippen molar-refractivity contribution in [2.75, 3.05) is 7.11 Å². The summed E-state index contributed by atoms with van der Waals surface area (Å²) in [6.07, 6.45) is -0.00915. The van der Waals surface area contributed by atoms with E-state index in [1.807, 2.05) is 0 Å². The Bertz CT molecular complexity index is 351. The molecule has 0 aliphatic rings. The van der Waals surface area contributed by atoms with Crippen molar-refractivity contribution >= 4 is 26.7 Å². The van der Waals surface area contributed by atoms with Crippen molar-refractivity contribution < 1.29 is 14.1 Å². The molecule has 90 valence electrons. The number of benzene rings is 1. The second-order valence-corrected chi connectivity index (χ2v) is 6.81. The Hall–Kier alpha value is -0.390. The zero-order valence-corrected chi connectivity index (χ0v) is 11.6. The van der Waals surface area contributed by atoms with Crippen LogP contribution < -0.4 is 4.74 Å². The molecule has 1 rings (SSSR count). The third kappa shape index (κ3) is 3.88. The summed E-state index contributed by atoms with van der Waals surface area (Å²) in [5.74, 6) is 0.738. The van der Waals surface area contributed by atoms with Crippen molar-refractivity contribution in [2.24, 2.45) is 0 Å². The van der Waals surface area contributed by atoms with E-state index >= 15 is 0 Å². The molecule has 0 amide bonds. The van der Waals surface area contributed by atoms with E-state index in [2.05, 4.69) is 15.9 Å². The molecular weight excluding hydrogens is 292 g/mol. The molecule has 0 aromatic heterocycles. The molecule has 0 saturated heterocycles. The summed E-state index contributed by atoms with van der Waals surface area (Å²) in [4.78, 5) is 0.725. The highest BCUT2D eigenvalue weighted by molar-refractivity contribution is 9.11. The molecule has 0 radical (unpaired) electrons. The Morgan fingerprint density at radius 3 is 2.44 bits per heavy atom. The fourth-order valence-electron chi connectivity index (χ4n) is 1.21. The topological polar surface area (TPSA) is 46.5 Å². The predicted octanol–water partition coefficient (Wildman–Crippen LogP) is 2.29. The number of rotatable bonds is 5. The first-order chi connectivity index (χ1) is 7.54. The standard InChI is InChI=1S/C11H15BrO3S/c1-8(13)7-11(12)16(14)10-5-3-9(15-2)4-6-10/h3-6,8,11,13H,7H2,1-2H3/t8-,11+,16?/m1/s1. The molecule has 0 aliphatic carbocycles. The van der Waals surface area contributed by atoms with E-state index in [0.717, 1.165) is 10.6 Å². The molecule has 0 saturated carbocycles. The highest BCUT2D eigenvalue weighted by Crippen LogP contribution is 2.22. The van der Waals surface area contributed by atoms with Gasteiger partial charge < -0.3 is 9.84 Å². The predicted molar refractivity (Wildman–Crippen MR) is 68.4 cm³/mol. The highest BCUT2D eigenvalue weighted by Gasteiger charge is 2.17. The van der Waals surface area contributed by atoms with Crippen LogP contribution in [0, 0.1) is 0 Å². The minimum absolute atomic E-state index is 0.235. The Morgan fingerprint density at radius 1 is 1.44 bits per heavy atom. The van der Waals surface area contributed by atoms with Crippen LogP contribution in [0.25, 0.3) is 0 Å². The zero-order chi connectivity index (χ0) is 12.1. The van der Waals surface area contributed by atoms with E-state index in [-0.39, 0.29) is 4.16 Å². The van der Waals surface area contributed by atoms with Crippen molar-refractivity contribution in [3.8, 4) is 5.75 Å². The van der Waals surface area contributed by atoms with Crippen molar-refractivity contribution in [2.45, 2.75) is 28.5 Å². The fourth-order valence-corrected chi connectivity index (χ4v) is 3.55. The van der Waals surface area contributed by atoms with E-state index < -0.39 is 16.9 Å². The fraction of sp³-hybridized carbons (Fsp3) is 0.455. The van der Waals surface area contributed by atoms with Crippen molar-refractivity contribution in [3.05, 3.63) is 24.3 Å². The van der Waals surface area contributed by atoms with Gasteiger partial charge in [0.2, 0.25) is 0 Å². The monoisotopic (exact) mass is 306 g/mol. The average molecular weight is 307 g/mol. The van der Waals surface area contributed by atoms with Crippen molar-refractivity contribution in [1.82, 2.24) is 0 Å². The summed E-state index contributed by atoms with van der Waals surface area (Å²) in [7, 11) is 0.432. The maximum absolute atomic E-state index is 12.0. The molecular formula is C11H15BrO3S. The van der Waals surface area contributed by atoms with Gasteiger partial charge in [-0.05, 0) is 37.6 Å². The number of methoxy groups -OCH3 is 1. The van der Waals surface area contributed by atoms with Crippen molar-refractivity contribution in [1.29, 1.82) is 0 Å². The number of alkyl halides is 1. The second kappa shape index (κ2) is 6.37. The van der Waals surface area contributed by atoms with Gasteiger partial charge in [0.05, 0.1) is 28.2 Å². The summed E-state index contributed by atoms with van der Waals surface area (Å²) in [5, 5.41) is 9.22. The normalized spacial score (nSPS) is 16.5. The Kier molecular flexibility index (Phi) is 5.44. The molecule has 0 fully saturated rings. The van der Waals surface area contributed by atoms with Crippen molar-refractivity contribution in [3.63, 3.8) is 0 Å². The lowest BCUT2D eigenvalue weighted by Gasteiger charge is -2.11. The number of halogens is 1. The molecule has 0 aliphatic heterocycles. The molecule has 0 bridgehead atoms. The Labute approximate surface area is 106 Å². The minimum atomic E-state index is -1.16. The quantitative estimate of drug-likeness (QED) is 0.849. The zero-order valence-electron chi connectivity index (χ0n) is 9.22. The summed E-state index contributed by atoms with van der Waals surface area (Å²) in [5.41, 5.74) is 0. The molecule has 1 unspecified atom stereocenters.